The van der Waals surface area contributed by atoms with E-state index >= 15 is 0 Å². The van der Waals surface area contributed by atoms with Gasteiger partial charge in [0.15, 0.2) is 5.75 Å². The molecule has 2 nitrogen and oxygen atoms in total. The molecule has 1 heterocycles. The quantitative estimate of drug-likeness (QED) is 0.143. The molecule has 0 saturated carbocycles. The fraction of sp³-hybridized carbons (Fsp3) is 0.100. The number of para-hydroxylation sites is 2. The molecule has 3 aromatic carbocycles. The van der Waals surface area contributed by atoms with Gasteiger partial charge in [-0.3, -0.25) is 3.11 Å². The predicted molar refractivity (Wildman–Crippen MR) is 114 cm³/mol. The summed E-state index contributed by atoms with van der Waals surface area (Å²) in [6.45, 7) is 0. The fourth-order valence-electron chi connectivity index (χ4n) is 3.14. The van der Waals surface area contributed by atoms with Crippen molar-refractivity contribution in [2.75, 3.05) is 3.11 Å². The van der Waals surface area contributed by atoms with Crippen molar-refractivity contribution in [3.63, 3.8) is 0 Å². The Kier molecular flexibility index (Phi) is 5.25. The monoisotopic (exact) mass is 553 g/mol. The molecule has 0 spiro atoms. The standard InChI is InChI=1S/C20H10F6INOS/c21-19(22,23)13-7-3-5-11-12-6-4-9-15(18(12)30-17(11)13)28(27)14-8-1-2-10-16(14)29-20(24,25)26/h1-10H. The van der Waals surface area contributed by atoms with E-state index in [1.807, 2.05) is 22.9 Å². The van der Waals surface area contributed by atoms with Crippen molar-refractivity contribution in [3.05, 3.63) is 66.2 Å². The lowest BCUT2D eigenvalue weighted by Gasteiger charge is -2.21. The normalized spacial score (nSPS) is 12.5. The summed E-state index contributed by atoms with van der Waals surface area (Å²) in [6, 6.07) is 14.5. The summed E-state index contributed by atoms with van der Waals surface area (Å²) in [5, 5.41) is 1.03. The maximum atomic E-state index is 13.5. The van der Waals surface area contributed by atoms with Crippen LogP contribution >= 0.6 is 34.2 Å². The summed E-state index contributed by atoms with van der Waals surface area (Å²) < 4.78 is 84.9. The van der Waals surface area contributed by atoms with Crippen LogP contribution in [0.1, 0.15) is 5.56 Å². The van der Waals surface area contributed by atoms with Crippen molar-refractivity contribution in [2.24, 2.45) is 0 Å². The minimum atomic E-state index is -4.88. The molecule has 0 unspecified atom stereocenters. The van der Waals surface area contributed by atoms with E-state index in [2.05, 4.69) is 4.74 Å². The molecule has 0 N–H and O–H groups in total. The van der Waals surface area contributed by atoms with Crippen LogP contribution in [0.15, 0.2) is 60.7 Å². The van der Waals surface area contributed by atoms with E-state index in [1.165, 1.54) is 27.4 Å². The highest BCUT2D eigenvalue weighted by atomic mass is 127. The first-order chi connectivity index (χ1) is 14.1. The molecular weight excluding hydrogens is 543 g/mol. The van der Waals surface area contributed by atoms with Gasteiger partial charge in [-0.15, -0.1) is 24.5 Å². The third kappa shape index (κ3) is 3.89. The second kappa shape index (κ2) is 7.49. The molecule has 0 saturated heterocycles. The number of anilines is 2. The van der Waals surface area contributed by atoms with Crippen LogP contribution in [-0.4, -0.2) is 6.36 Å². The Balaban J connectivity index is 1.91. The van der Waals surface area contributed by atoms with Crippen molar-refractivity contribution in [1.82, 2.24) is 0 Å². The van der Waals surface area contributed by atoms with Gasteiger partial charge in [-0.05, 0) is 24.3 Å². The lowest BCUT2D eigenvalue weighted by molar-refractivity contribution is -0.274. The number of benzene rings is 3. The number of hydrogen-bond acceptors (Lipinski definition) is 3. The molecule has 0 atom stereocenters. The van der Waals surface area contributed by atoms with E-state index in [0.717, 1.165) is 17.4 Å². The Labute approximate surface area is 184 Å². The average molecular weight is 553 g/mol. The number of nitrogens with zero attached hydrogens (tertiary/aromatic N) is 1. The first-order valence-electron chi connectivity index (χ1n) is 8.38. The van der Waals surface area contributed by atoms with Crippen molar-refractivity contribution < 1.29 is 31.1 Å². The van der Waals surface area contributed by atoms with Crippen LogP contribution in [0.3, 0.4) is 0 Å². The number of halogens is 7. The van der Waals surface area contributed by atoms with Gasteiger partial charge in [-0.25, -0.2) is 0 Å². The molecule has 0 fully saturated rings. The van der Waals surface area contributed by atoms with Gasteiger partial charge in [0.1, 0.15) is 0 Å². The van der Waals surface area contributed by atoms with E-state index in [9.17, 15) is 26.3 Å². The number of fused-ring (bicyclic) bond motifs is 3. The number of ether oxygens (including phenoxy) is 1. The lowest BCUT2D eigenvalue weighted by Crippen LogP contribution is -2.18. The molecule has 10 heteroatoms. The summed E-state index contributed by atoms with van der Waals surface area (Å²) >= 11 is 2.77. The predicted octanol–water partition coefficient (Wildman–Crippen LogP) is 8.46. The van der Waals surface area contributed by atoms with E-state index < -0.39 is 23.9 Å². The van der Waals surface area contributed by atoms with Gasteiger partial charge < -0.3 is 4.74 Å². The molecular formula is C20H10F6INOS. The second-order valence-electron chi connectivity index (χ2n) is 6.23. The topological polar surface area (TPSA) is 12.5 Å². The third-order valence-electron chi connectivity index (χ3n) is 4.32. The number of hydrogen-bond donors (Lipinski definition) is 0. The van der Waals surface area contributed by atoms with Crippen LogP contribution in [-0.2, 0) is 6.18 Å². The zero-order chi connectivity index (χ0) is 21.7. The first-order valence-corrected chi connectivity index (χ1v) is 10.2. The van der Waals surface area contributed by atoms with Crippen LogP contribution in [0.25, 0.3) is 20.2 Å². The molecule has 4 aromatic rings. The highest BCUT2D eigenvalue weighted by Gasteiger charge is 2.34. The van der Waals surface area contributed by atoms with Crippen LogP contribution in [0.2, 0.25) is 0 Å². The highest BCUT2D eigenvalue weighted by Crippen LogP contribution is 2.48. The Morgan fingerprint density at radius 3 is 2.00 bits per heavy atom. The van der Waals surface area contributed by atoms with Crippen LogP contribution < -0.4 is 7.85 Å². The van der Waals surface area contributed by atoms with E-state index in [0.29, 0.717) is 21.2 Å². The maximum Gasteiger partial charge on any atom is 0.573 e. The first kappa shape index (κ1) is 21.0. The zero-order valence-corrected chi connectivity index (χ0v) is 17.7. The molecule has 1 aromatic heterocycles. The molecule has 4 rings (SSSR count). The molecule has 0 aliphatic heterocycles. The van der Waals surface area contributed by atoms with Gasteiger partial charge in [-0.1, -0.05) is 36.4 Å². The number of rotatable bonds is 3. The summed E-state index contributed by atoms with van der Waals surface area (Å²) in [4.78, 5) is 0. The SMILES string of the molecule is FC(F)(F)Oc1ccccc1N(I)c1cccc2c1sc1c(C(F)(F)F)cccc12. The van der Waals surface area contributed by atoms with Gasteiger partial charge >= 0.3 is 12.5 Å². The van der Waals surface area contributed by atoms with Gasteiger partial charge in [0, 0.05) is 15.5 Å². The highest BCUT2D eigenvalue weighted by molar-refractivity contribution is 14.1. The summed E-state index contributed by atoms with van der Waals surface area (Å²) in [6.07, 6.45) is -9.39. The van der Waals surface area contributed by atoms with Crippen LogP contribution in [0.4, 0.5) is 37.7 Å². The third-order valence-corrected chi connectivity index (χ3v) is 6.64. The lowest BCUT2D eigenvalue weighted by atomic mass is 10.1. The van der Waals surface area contributed by atoms with Crippen molar-refractivity contribution in [3.8, 4) is 5.75 Å². The van der Waals surface area contributed by atoms with E-state index in [1.54, 1.807) is 30.3 Å². The molecule has 0 bridgehead atoms. The molecule has 0 aliphatic rings. The molecule has 0 radical (unpaired) electrons. The number of thiophene rings is 1. The Hall–Kier alpha value is -2.21. The summed E-state index contributed by atoms with van der Waals surface area (Å²) in [7, 11) is 0. The van der Waals surface area contributed by atoms with Gasteiger partial charge in [0.2, 0.25) is 0 Å². The van der Waals surface area contributed by atoms with Crippen molar-refractivity contribution >= 4 is 65.7 Å². The number of alkyl halides is 6. The average Bonchev–Trinajstić information content (AvgIpc) is 3.04. The molecule has 30 heavy (non-hydrogen) atoms. The molecule has 156 valence electrons. The minimum Gasteiger partial charge on any atom is -0.404 e. The Morgan fingerprint density at radius 2 is 1.33 bits per heavy atom. The van der Waals surface area contributed by atoms with Crippen LogP contribution in [0, 0.1) is 0 Å². The van der Waals surface area contributed by atoms with Gasteiger partial charge in [-0.2, -0.15) is 13.2 Å². The van der Waals surface area contributed by atoms with Crippen molar-refractivity contribution in [2.45, 2.75) is 12.5 Å². The second-order valence-corrected chi connectivity index (χ2v) is 8.22. The van der Waals surface area contributed by atoms with E-state index in [4.69, 9.17) is 0 Å². The van der Waals surface area contributed by atoms with Crippen LogP contribution in [0.5, 0.6) is 5.75 Å². The maximum absolute atomic E-state index is 13.5. The summed E-state index contributed by atoms with van der Waals surface area (Å²) in [5.74, 6) is -0.409. The molecule has 0 amide bonds. The largest absolute Gasteiger partial charge is 0.573 e. The molecule has 0 aliphatic carbocycles. The van der Waals surface area contributed by atoms with Gasteiger partial charge in [0.05, 0.1) is 44.5 Å². The van der Waals surface area contributed by atoms with Gasteiger partial charge in [0.25, 0.3) is 0 Å². The fourth-order valence-corrected chi connectivity index (χ4v) is 5.45. The zero-order valence-electron chi connectivity index (χ0n) is 14.7. The minimum absolute atomic E-state index is 0.0806. The summed E-state index contributed by atoms with van der Waals surface area (Å²) in [5.41, 5.74) is -0.162. The smallest absolute Gasteiger partial charge is 0.404 e. The van der Waals surface area contributed by atoms with E-state index in [-0.39, 0.29) is 10.4 Å². The van der Waals surface area contributed by atoms with Crippen molar-refractivity contribution in [1.29, 1.82) is 0 Å². The Bertz CT molecular complexity index is 1230. The Morgan fingerprint density at radius 1 is 0.733 bits per heavy atom.